The van der Waals surface area contributed by atoms with Crippen LogP contribution in [0.2, 0.25) is 0 Å². The van der Waals surface area contributed by atoms with Gasteiger partial charge in [0.2, 0.25) is 5.91 Å². The molecule has 0 unspecified atom stereocenters. The van der Waals surface area contributed by atoms with Gasteiger partial charge in [-0.1, -0.05) is 54.6 Å². The molecule has 1 aliphatic carbocycles. The molecule has 1 saturated carbocycles. The second kappa shape index (κ2) is 9.06. The Labute approximate surface area is 198 Å². The van der Waals surface area contributed by atoms with E-state index in [0.717, 1.165) is 35.1 Å². The van der Waals surface area contributed by atoms with E-state index < -0.39 is 9.84 Å². The largest absolute Gasteiger partial charge is 0.350 e. The summed E-state index contributed by atoms with van der Waals surface area (Å²) in [4.78, 5) is 27.6. The quantitative estimate of drug-likeness (QED) is 0.542. The van der Waals surface area contributed by atoms with Crippen molar-refractivity contribution in [2.45, 2.75) is 48.3 Å². The van der Waals surface area contributed by atoms with Crippen molar-refractivity contribution in [1.82, 2.24) is 10.3 Å². The molecule has 0 bridgehead atoms. The molecular formula is C27H26N2O4S. The number of aromatic amines is 1. The Morgan fingerprint density at radius 2 is 1.65 bits per heavy atom. The van der Waals surface area contributed by atoms with E-state index in [-0.39, 0.29) is 28.2 Å². The van der Waals surface area contributed by atoms with Gasteiger partial charge >= 0.3 is 0 Å². The van der Waals surface area contributed by atoms with Crippen molar-refractivity contribution in [2.75, 3.05) is 0 Å². The standard InChI is InChI=1S/C27H26N2O4S/c30-26-15-10-21(28-26)16-24(25-14-13-23(19-6-7-19)27(31)29-25)20-8-11-22(12-9-20)34(32,33)17-18-4-2-1-3-5-18/h1-5,8-9,11-14,16,19,21H,6-7,10,15,17H2,(H,28,30)(H,29,31)/b24-16+/t21-/m1/s1. The third-order valence-corrected chi connectivity index (χ3v) is 8.07. The SMILES string of the molecule is O=C1CC[C@H](/C=C(\c2ccc(S(=O)(=O)Cc3ccccc3)cc2)c2ccc(C3CC3)c(=O)[nH]2)N1. The summed E-state index contributed by atoms with van der Waals surface area (Å²) in [6, 6.07) is 19.4. The molecule has 1 aromatic heterocycles. The Morgan fingerprint density at radius 3 is 2.26 bits per heavy atom. The summed E-state index contributed by atoms with van der Waals surface area (Å²) in [6.45, 7) is 0. The molecule has 1 saturated heterocycles. The zero-order valence-electron chi connectivity index (χ0n) is 18.7. The summed E-state index contributed by atoms with van der Waals surface area (Å²) in [5.41, 5.74) is 3.63. The van der Waals surface area contributed by atoms with Crippen LogP contribution in [0, 0.1) is 0 Å². The second-order valence-electron chi connectivity index (χ2n) is 8.99. The fourth-order valence-corrected chi connectivity index (χ4v) is 5.73. The molecule has 1 amide bonds. The maximum atomic E-state index is 12.9. The Balaban J connectivity index is 1.48. The van der Waals surface area contributed by atoms with Gasteiger partial charge in [-0.15, -0.1) is 0 Å². The molecule has 6 nitrogen and oxygen atoms in total. The highest BCUT2D eigenvalue weighted by Crippen LogP contribution is 2.38. The Hall–Kier alpha value is -3.45. The Kier molecular flexibility index (Phi) is 5.96. The Bertz CT molecular complexity index is 1400. The third kappa shape index (κ3) is 4.89. The molecular weight excluding hydrogens is 448 g/mol. The van der Waals surface area contributed by atoms with E-state index in [1.807, 2.05) is 36.4 Å². The van der Waals surface area contributed by atoms with Crippen molar-refractivity contribution in [3.05, 3.63) is 106 Å². The molecule has 7 heteroatoms. The molecule has 174 valence electrons. The van der Waals surface area contributed by atoms with Crippen molar-refractivity contribution in [1.29, 1.82) is 0 Å². The maximum Gasteiger partial charge on any atom is 0.251 e. The lowest BCUT2D eigenvalue weighted by molar-refractivity contribution is -0.119. The summed E-state index contributed by atoms with van der Waals surface area (Å²) >= 11 is 0. The minimum Gasteiger partial charge on any atom is -0.350 e. The number of amides is 1. The number of sulfone groups is 1. The van der Waals surface area contributed by atoms with E-state index in [1.165, 1.54) is 0 Å². The average Bonchev–Trinajstić information content (AvgIpc) is 3.58. The molecule has 34 heavy (non-hydrogen) atoms. The van der Waals surface area contributed by atoms with E-state index >= 15 is 0 Å². The average molecular weight is 475 g/mol. The van der Waals surface area contributed by atoms with Crippen LogP contribution in [0.15, 0.2) is 82.5 Å². The monoisotopic (exact) mass is 474 g/mol. The number of aromatic nitrogens is 1. The van der Waals surface area contributed by atoms with Gasteiger partial charge in [0.1, 0.15) is 0 Å². The van der Waals surface area contributed by atoms with E-state index in [4.69, 9.17) is 0 Å². The Morgan fingerprint density at radius 1 is 0.912 bits per heavy atom. The van der Waals surface area contributed by atoms with Gasteiger partial charge in [-0.25, -0.2) is 8.42 Å². The van der Waals surface area contributed by atoms with Crippen molar-refractivity contribution in [2.24, 2.45) is 0 Å². The van der Waals surface area contributed by atoms with Crippen molar-refractivity contribution in [3.63, 3.8) is 0 Å². The van der Waals surface area contributed by atoms with Crippen LogP contribution < -0.4 is 10.9 Å². The van der Waals surface area contributed by atoms with E-state index in [2.05, 4.69) is 10.3 Å². The van der Waals surface area contributed by atoms with Gasteiger partial charge in [0.15, 0.2) is 9.84 Å². The fourth-order valence-electron chi connectivity index (χ4n) is 4.38. The number of rotatable bonds is 7. The molecule has 1 atom stereocenters. The van der Waals surface area contributed by atoms with Crippen molar-refractivity contribution >= 4 is 21.3 Å². The van der Waals surface area contributed by atoms with Gasteiger partial charge in [-0.3, -0.25) is 9.59 Å². The smallest absolute Gasteiger partial charge is 0.251 e. The van der Waals surface area contributed by atoms with Crippen LogP contribution in [-0.2, 0) is 20.4 Å². The molecule has 2 heterocycles. The minimum atomic E-state index is -3.50. The first kappa shape index (κ1) is 22.3. The molecule has 0 radical (unpaired) electrons. The molecule has 2 aliphatic rings. The molecule has 5 rings (SSSR count). The van der Waals surface area contributed by atoms with Crippen LogP contribution in [-0.4, -0.2) is 25.4 Å². The highest BCUT2D eigenvalue weighted by molar-refractivity contribution is 7.90. The van der Waals surface area contributed by atoms with Crippen molar-refractivity contribution < 1.29 is 13.2 Å². The van der Waals surface area contributed by atoms with Gasteiger partial charge in [0.05, 0.1) is 10.6 Å². The highest BCUT2D eigenvalue weighted by atomic mass is 32.2. The van der Waals surface area contributed by atoms with Crippen molar-refractivity contribution in [3.8, 4) is 0 Å². The van der Waals surface area contributed by atoms with Crippen LogP contribution in [0.1, 0.15) is 54.0 Å². The zero-order chi connectivity index (χ0) is 23.7. The number of benzene rings is 2. The topological polar surface area (TPSA) is 96.1 Å². The predicted octanol–water partition coefficient (Wildman–Crippen LogP) is 3.94. The lowest BCUT2D eigenvalue weighted by Gasteiger charge is -2.13. The third-order valence-electron chi connectivity index (χ3n) is 6.37. The predicted molar refractivity (Wildman–Crippen MR) is 131 cm³/mol. The van der Waals surface area contributed by atoms with Crippen LogP contribution in [0.3, 0.4) is 0 Å². The lowest BCUT2D eigenvalue weighted by atomic mass is 9.98. The van der Waals surface area contributed by atoms with Gasteiger partial charge in [0.25, 0.3) is 5.56 Å². The first-order chi connectivity index (χ1) is 16.4. The molecule has 2 aromatic carbocycles. The molecule has 0 spiro atoms. The second-order valence-corrected chi connectivity index (χ2v) is 11.0. The first-order valence-corrected chi connectivity index (χ1v) is 13.2. The highest BCUT2D eigenvalue weighted by Gasteiger charge is 2.27. The van der Waals surface area contributed by atoms with Gasteiger partial charge < -0.3 is 10.3 Å². The zero-order valence-corrected chi connectivity index (χ0v) is 19.5. The molecule has 2 fully saturated rings. The van der Waals surface area contributed by atoms with Gasteiger partial charge in [-0.05, 0) is 54.5 Å². The minimum absolute atomic E-state index is 0.000489. The molecule has 1 aliphatic heterocycles. The van der Waals surface area contributed by atoms with Crippen LogP contribution >= 0.6 is 0 Å². The molecule has 3 aromatic rings. The lowest BCUT2D eigenvalue weighted by Crippen LogP contribution is -2.23. The van der Waals surface area contributed by atoms with E-state index in [1.54, 1.807) is 36.4 Å². The van der Waals surface area contributed by atoms with Crippen LogP contribution in [0.5, 0.6) is 0 Å². The summed E-state index contributed by atoms with van der Waals surface area (Å²) in [6.07, 6.45) is 5.16. The summed E-state index contributed by atoms with van der Waals surface area (Å²) in [5, 5.41) is 2.94. The normalized spacial score (nSPS) is 18.6. The van der Waals surface area contributed by atoms with Gasteiger partial charge in [-0.2, -0.15) is 0 Å². The van der Waals surface area contributed by atoms with Crippen LogP contribution in [0.25, 0.3) is 5.57 Å². The summed E-state index contributed by atoms with van der Waals surface area (Å²) < 4.78 is 25.8. The van der Waals surface area contributed by atoms with Gasteiger partial charge in [0, 0.05) is 29.3 Å². The number of hydrogen-bond acceptors (Lipinski definition) is 4. The number of hydrogen-bond donors (Lipinski definition) is 2. The summed E-state index contributed by atoms with van der Waals surface area (Å²) in [5.74, 6) is 0.272. The fraction of sp³-hybridized carbons (Fsp3) is 0.259. The maximum absolute atomic E-state index is 12.9. The number of carbonyl (C=O) groups excluding carboxylic acids is 1. The van der Waals surface area contributed by atoms with E-state index in [0.29, 0.717) is 24.5 Å². The van der Waals surface area contributed by atoms with E-state index in [9.17, 15) is 18.0 Å². The number of nitrogens with one attached hydrogen (secondary N) is 2. The van der Waals surface area contributed by atoms with Crippen LogP contribution in [0.4, 0.5) is 0 Å². The number of H-pyrrole nitrogens is 1. The molecule has 2 N–H and O–H groups in total. The number of pyridine rings is 1. The number of carbonyl (C=O) groups is 1. The first-order valence-electron chi connectivity index (χ1n) is 11.5. The summed E-state index contributed by atoms with van der Waals surface area (Å²) in [7, 11) is -3.50.